The summed E-state index contributed by atoms with van der Waals surface area (Å²) in [7, 11) is 0. The summed E-state index contributed by atoms with van der Waals surface area (Å²) >= 11 is 1.15. The number of nitrogens with zero attached hydrogens (tertiary/aromatic N) is 1. The van der Waals surface area contributed by atoms with Gasteiger partial charge in [-0.2, -0.15) is 0 Å². The molecule has 84 valence electrons. The number of rotatable bonds is 2. The van der Waals surface area contributed by atoms with E-state index in [1.54, 1.807) is 16.0 Å². The highest BCUT2D eigenvalue weighted by Gasteiger charge is 2.06. The van der Waals surface area contributed by atoms with Crippen molar-refractivity contribution in [2.75, 3.05) is 5.73 Å². The van der Waals surface area contributed by atoms with Crippen molar-refractivity contribution in [1.29, 1.82) is 0 Å². The van der Waals surface area contributed by atoms with Crippen LogP contribution in [0.4, 0.5) is 10.1 Å². The lowest BCUT2D eigenvalue weighted by atomic mass is 10.2. The van der Waals surface area contributed by atoms with E-state index < -0.39 is 0 Å². The summed E-state index contributed by atoms with van der Waals surface area (Å²) in [5.74, 6) is -0.365. The molecule has 5 heteroatoms. The number of nitrogens with two attached hydrogens (primary N) is 1. The first-order chi connectivity index (χ1) is 7.58. The van der Waals surface area contributed by atoms with Gasteiger partial charge in [-0.25, -0.2) is 4.39 Å². The number of benzene rings is 1. The molecule has 1 aromatic heterocycles. The zero-order chi connectivity index (χ0) is 11.7. The second-order valence-corrected chi connectivity index (χ2v) is 4.39. The maximum Gasteiger partial charge on any atom is 0.307 e. The number of aryl methyl sites for hydroxylation is 1. The first-order valence-corrected chi connectivity index (χ1v) is 5.64. The van der Waals surface area contributed by atoms with Crippen molar-refractivity contribution in [3.05, 3.63) is 50.3 Å². The number of halogens is 1. The van der Waals surface area contributed by atoms with Gasteiger partial charge in [0.1, 0.15) is 5.82 Å². The van der Waals surface area contributed by atoms with Crippen LogP contribution in [-0.4, -0.2) is 4.57 Å². The van der Waals surface area contributed by atoms with Crippen molar-refractivity contribution in [2.45, 2.75) is 13.5 Å². The number of anilines is 1. The first kappa shape index (κ1) is 10.9. The summed E-state index contributed by atoms with van der Waals surface area (Å²) in [6.07, 6.45) is 0. The molecule has 0 amide bonds. The predicted molar refractivity (Wildman–Crippen MR) is 63.2 cm³/mol. The molecule has 0 atom stereocenters. The Morgan fingerprint density at radius 2 is 2.25 bits per heavy atom. The Morgan fingerprint density at radius 3 is 2.81 bits per heavy atom. The quantitative estimate of drug-likeness (QED) is 0.813. The van der Waals surface area contributed by atoms with Gasteiger partial charge < -0.3 is 5.73 Å². The third-order valence-corrected chi connectivity index (χ3v) is 3.29. The highest BCUT2D eigenvalue weighted by atomic mass is 32.1. The van der Waals surface area contributed by atoms with Crippen LogP contribution in [0.25, 0.3) is 0 Å². The van der Waals surface area contributed by atoms with E-state index in [2.05, 4.69) is 0 Å². The average Bonchev–Trinajstić information content (AvgIpc) is 2.53. The summed E-state index contributed by atoms with van der Waals surface area (Å²) in [5.41, 5.74) is 7.70. The summed E-state index contributed by atoms with van der Waals surface area (Å²) in [6, 6.07) is 4.22. The molecular weight excluding hydrogens is 227 g/mol. The van der Waals surface area contributed by atoms with Gasteiger partial charge in [0.2, 0.25) is 0 Å². The van der Waals surface area contributed by atoms with Crippen LogP contribution >= 0.6 is 11.3 Å². The Bertz CT molecular complexity index is 574. The van der Waals surface area contributed by atoms with Gasteiger partial charge in [-0.05, 0) is 24.6 Å². The Morgan fingerprint density at radius 1 is 1.50 bits per heavy atom. The molecule has 2 rings (SSSR count). The summed E-state index contributed by atoms with van der Waals surface area (Å²) in [4.78, 5) is 11.5. The van der Waals surface area contributed by atoms with Crippen LogP contribution < -0.4 is 10.6 Å². The Hall–Kier alpha value is -1.62. The molecule has 0 radical (unpaired) electrons. The number of nitrogen functional groups attached to an aromatic ring is 1. The highest BCUT2D eigenvalue weighted by molar-refractivity contribution is 7.07. The lowest BCUT2D eigenvalue weighted by Gasteiger charge is -2.07. The fourth-order valence-corrected chi connectivity index (χ4v) is 2.21. The number of hydrogen-bond donors (Lipinski definition) is 1. The van der Waals surface area contributed by atoms with Crippen molar-refractivity contribution >= 4 is 17.0 Å². The van der Waals surface area contributed by atoms with Gasteiger partial charge in [-0.15, -0.1) is 0 Å². The number of thiazole rings is 1. The molecule has 0 aliphatic heterocycles. The Kier molecular flexibility index (Phi) is 2.78. The van der Waals surface area contributed by atoms with E-state index in [0.29, 0.717) is 12.2 Å². The monoisotopic (exact) mass is 238 g/mol. The smallest absolute Gasteiger partial charge is 0.307 e. The van der Waals surface area contributed by atoms with Gasteiger partial charge in [0.05, 0.1) is 6.54 Å². The molecule has 0 aliphatic carbocycles. The molecule has 1 aromatic carbocycles. The topological polar surface area (TPSA) is 48.0 Å². The van der Waals surface area contributed by atoms with E-state index in [1.807, 2.05) is 6.92 Å². The molecular formula is C11H11FN2OS. The molecule has 0 unspecified atom stereocenters. The molecule has 0 fully saturated rings. The largest absolute Gasteiger partial charge is 0.398 e. The molecule has 0 bridgehead atoms. The molecule has 0 aliphatic rings. The molecule has 0 saturated heterocycles. The number of aromatic nitrogens is 1. The van der Waals surface area contributed by atoms with E-state index >= 15 is 0 Å². The minimum absolute atomic E-state index is 0.0266. The maximum atomic E-state index is 12.8. The van der Waals surface area contributed by atoms with Gasteiger partial charge in [0.25, 0.3) is 0 Å². The molecule has 0 spiro atoms. The van der Waals surface area contributed by atoms with Crippen LogP contribution in [0, 0.1) is 12.7 Å². The lowest BCUT2D eigenvalue weighted by molar-refractivity contribution is 0.627. The van der Waals surface area contributed by atoms with E-state index in [9.17, 15) is 9.18 Å². The second kappa shape index (κ2) is 4.09. The van der Waals surface area contributed by atoms with Gasteiger partial charge in [0.15, 0.2) is 0 Å². The lowest BCUT2D eigenvalue weighted by Crippen LogP contribution is -2.16. The van der Waals surface area contributed by atoms with Gasteiger partial charge in [0, 0.05) is 16.8 Å². The van der Waals surface area contributed by atoms with Gasteiger partial charge >= 0.3 is 4.87 Å². The van der Waals surface area contributed by atoms with Crippen molar-refractivity contribution < 1.29 is 4.39 Å². The molecule has 1 heterocycles. The van der Waals surface area contributed by atoms with Gasteiger partial charge in [-0.1, -0.05) is 17.4 Å². The van der Waals surface area contributed by atoms with E-state index in [-0.39, 0.29) is 10.7 Å². The van der Waals surface area contributed by atoms with Crippen LogP contribution in [0.15, 0.2) is 28.4 Å². The van der Waals surface area contributed by atoms with Crippen molar-refractivity contribution in [2.24, 2.45) is 0 Å². The third kappa shape index (κ3) is 1.99. The van der Waals surface area contributed by atoms with Crippen LogP contribution in [0.5, 0.6) is 0 Å². The van der Waals surface area contributed by atoms with Crippen molar-refractivity contribution in [1.82, 2.24) is 4.57 Å². The normalized spacial score (nSPS) is 10.6. The summed E-state index contributed by atoms with van der Waals surface area (Å²) < 4.78 is 14.5. The zero-order valence-electron chi connectivity index (χ0n) is 8.74. The summed E-state index contributed by atoms with van der Waals surface area (Å²) in [6.45, 7) is 2.25. The zero-order valence-corrected chi connectivity index (χ0v) is 9.55. The van der Waals surface area contributed by atoms with E-state index in [0.717, 1.165) is 22.6 Å². The van der Waals surface area contributed by atoms with Crippen LogP contribution in [0.3, 0.4) is 0 Å². The average molecular weight is 238 g/mol. The maximum absolute atomic E-state index is 12.8. The second-order valence-electron chi connectivity index (χ2n) is 3.57. The fourth-order valence-electron chi connectivity index (χ4n) is 1.48. The van der Waals surface area contributed by atoms with Crippen molar-refractivity contribution in [3.8, 4) is 0 Å². The van der Waals surface area contributed by atoms with Crippen LogP contribution in [-0.2, 0) is 6.54 Å². The third-order valence-electron chi connectivity index (χ3n) is 2.41. The summed E-state index contributed by atoms with van der Waals surface area (Å²) in [5, 5.41) is 1.79. The van der Waals surface area contributed by atoms with Crippen LogP contribution in [0.2, 0.25) is 0 Å². The Labute approximate surface area is 96.0 Å². The van der Waals surface area contributed by atoms with Gasteiger partial charge in [-0.3, -0.25) is 9.36 Å². The fraction of sp³-hybridized carbons (Fsp3) is 0.182. The van der Waals surface area contributed by atoms with Crippen LogP contribution in [0.1, 0.15) is 11.3 Å². The molecule has 2 N–H and O–H groups in total. The predicted octanol–water partition coefficient (Wildman–Crippen LogP) is 1.99. The highest BCUT2D eigenvalue weighted by Crippen LogP contribution is 2.15. The minimum Gasteiger partial charge on any atom is -0.398 e. The first-order valence-electron chi connectivity index (χ1n) is 4.77. The molecule has 0 saturated carbocycles. The van der Waals surface area contributed by atoms with E-state index in [1.165, 1.54) is 12.1 Å². The SMILES string of the molecule is Cc1csc(=O)n1Cc1ccc(F)cc1N. The van der Waals surface area contributed by atoms with E-state index in [4.69, 9.17) is 5.73 Å². The molecule has 16 heavy (non-hydrogen) atoms. The van der Waals surface area contributed by atoms with Crippen molar-refractivity contribution in [3.63, 3.8) is 0 Å². The molecule has 2 aromatic rings. The standard InChI is InChI=1S/C11H11FN2OS/c1-7-6-16-11(15)14(7)5-8-2-3-9(12)4-10(8)13/h2-4,6H,5,13H2,1H3. The molecule has 3 nitrogen and oxygen atoms in total. The Balaban J connectivity index is 2.38. The number of hydrogen-bond acceptors (Lipinski definition) is 3. The minimum atomic E-state index is -0.365.